The first-order valence-corrected chi connectivity index (χ1v) is 6.64. The smallest absolute Gasteiger partial charge is 0.406 e. The van der Waals surface area contributed by atoms with Crippen molar-refractivity contribution in [3.63, 3.8) is 0 Å². The van der Waals surface area contributed by atoms with Crippen molar-refractivity contribution in [1.29, 1.82) is 0 Å². The van der Waals surface area contributed by atoms with E-state index in [9.17, 15) is 13.2 Å². The molecule has 0 aliphatic carbocycles. The summed E-state index contributed by atoms with van der Waals surface area (Å²) in [5, 5.41) is 3.22. The molecule has 0 atom stereocenters. The van der Waals surface area contributed by atoms with Crippen molar-refractivity contribution in [3.05, 3.63) is 59.7 Å². The zero-order chi connectivity index (χ0) is 15.3. The van der Waals surface area contributed by atoms with E-state index >= 15 is 0 Å². The van der Waals surface area contributed by atoms with Gasteiger partial charge in [-0.1, -0.05) is 31.2 Å². The zero-order valence-electron chi connectivity index (χ0n) is 11.6. The number of nitrogens with one attached hydrogen (secondary N) is 1. The maximum absolute atomic E-state index is 12.0. The average Bonchev–Trinajstić information content (AvgIpc) is 2.45. The predicted octanol–water partition coefficient (Wildman–Crippen LogP) is 4.76. The lowest BCUT2D eigenvalue weighted by Crippen LogP contribution is -2.17. The molecule has 0 aliphatic rings. The average molecular weight is 295 g/mol. The fraction of sp³-hybridized carbons (Fsp3) is 0.250. The molecule has 0 aromatic heterocycles. The number of aryl methyl sites for hydroxylation is 1. The van der Waals surface area contributed by atoms with Crippen LogP contribution >= 0.6 is 0 Å². The summed E-state index contributed by atoms with van der Waals surface area (Å²) in [5.41, 5.74) is 3.11. The quantitative estimate of drug-likeness (QED) is 0.858. The molecule has 0 saturated carbocycles. The van der Waals surface area contributed by atoms with E-state index in [1.54, 1.807) is 12.1 Å². The van der Waals surface area contributed by atoms with Crippen molar-refractivity contribution < 1.29 is 17.9 Å². The van der Waals surface area contributed by atoms with E-state index in [2.05, 4.69) is 17.0 Å². The first-order chi connectivity index (χ1) is 9.96. The molecule has 21 heavy (non-hydrogen) atoms. The Balaban J connectivity index is 1.91. The van der Waals surface area contributed by atoms with Crippen molar-refractivity contribution >= 4 is 5.69 Å². The first kappa shape index (κ1) is 15.2. The Hall–Kier alpha value is -2.17. The minimum Gasteiger partial charge on any atom is -0.406 e. The molecule has 1 N–H and O–H groups in total. The Kier molecular flexibility index (Phi) is 4.73. The molecule has 0 amide bonds. The highest BCUT2D eigenvalue weighted by Gasteiger charge is 2.30. The number of anilines is 1. The maximum atomic E-state index is 12.0. The van der Waals surface area contributed by atoms with Gasteiger partial charge in [-0.3, -0.25) is 0 Å². The Morgan fingerprint density at radius 2 is 1.48 bits per heavy atom. The summed E-state index contributed by atoms with van der Waals surface area (Å²) in [6.45, 7) is 2.63. The van der Waals surface area contributed by atoms with Crippen LogP contribution in [0.5, 0.6) is 5.75 Å². The Morgan fingerprint density at radius 3 is 2.00 bits per heavy atom. The van der Waals surface area contributed by atoms with Gasteiger partial charge in [-0.05, 0) is 41.8 Å². The molecule has 2 nitrogen and oxygen atoms in total. The van der Waals surface area contributed by atoms with Gasteiger partial charge < -0.3 is 10.1 Å². The number of ether oxygens (including phenoxy) is 1. The van der Waals surface area contributed by atoms with Crippen LogP contribution in [0.3, 0.4) is 0 Å². The molecule has 0 bridgehead atoms. The standard InChI is InChI=1S/C16H16F3NO/c1-2-12-3-7-14(8-4-12)20-11-13-5-9-15(10-6-13)21-16(17,18)19/h3-10,20H,2,11H2,1H3. The molecule has 0 heterocycles. The topological polar surface area (TPSA) is 21.3 Å². The number of benzene rings is 2. The van der Waals surface area contributed by atoms with Gasteiger partial charge in [0.05, 0.1) is 0 Å². The molecule has 5 heteroatoms. The van der Waals surface area contributed by atoms with Gasteiger partial charge in [0, 0.05) is 12.2 Å². The highest BCUT2D eigenvalue weighted by Crippen LogP contribution is 2.23. The third-order valence-electron chi connectivity index (χ3n) is 3.02. The molecule has 2 aromatic rings. The highest BCUT2D eigenvalue weighted by atomic mass is 19.4. The predicted molar refractivity (Wildman–Crippen MR) is 76.3 cm³/mol. The van der Waals surface area contributed by atoms with E-state index in [0.717, 1.165) is 17.7 Å². The van der Waals surface area contributed by atoms with Gasteiger partial charge in [-0.2, -0.15) is 0 Å². The number of hydrogen-bond donors (Lipinski definition) is 1. The molecule has 0 saturated heterocycles. The Labute approximate surface area is 121 Å². The molecule has 0 unspecified atom stereocenters. The summed E-state index contributed by atoms with van der Waals surface area (Å²) >= 11 is 0. The van der Waals surface area contributed by atoms with Crippen molar-refractivity contribution in [1.82, 2.24) is 0 Å². The largest absolute Gasteiger partial charge is 0.573 e. The zero-order valence-corrected chi connectivity index (χ0v) is 11.6. The summed E-state index contributed by atoms with van der Waals surface area (Å²) in [6, 6.07) is 13.9. The SMILES string of the molecule is CCc1ccc(NCc2ccc(OC(F)(F)F)cc2)cc1. The number of hydrogen-bond acceptors (Lipinski definition) is 2. The van der Waals surface area contributed by atoms with Crippen molar-refractivity contribution in [3.8, 4) is 5.75 Å². The second kappa shape index (κ2) is 6.52. The van der Waals surface area contributed by atoms with Gasteiger partial charge in [0.1, 0.15) is 5.75 Å². The molecular weight excluding hydrogens is 279 g/mol. The minimum absolute atomic E-state index is 0.210. The van der Waals surface area contributed by atoms with Crippen LogP contribution in [0.4, 0.5) is 18.9 Å². The van der Waals surface area contributed by atoms with E-state index in [1.165, 1.54) is 17.7 Å². The lowest BCUT2D eigenvalue weighted by atomic mass is 10.1. The summed E-state index contributed by atoms with van der Waals surface area (Å²) in [4.78, 5) is 0. The van der Waals surface area contributed by atoms with Gasteiger partial charge in [0.25, 0.3) is 0 Å². The second-order valence-corrected chi connectivity index (χ2v) is 4.60. The van der Waals surface area contributed by atoms with Gasteiger partial charge in [-0.15, -0.1) is 13.2 Å². The van der Waals surface area contributed by atoms with Crippen LogP contribution in [0.1, 0.15) is 18.1 Å². The monoisotopic (exact) mass is 295 g/mol. The number of halogens is 3. The van der Waals surface area contributed by atoms with Crippen LogP contribution in [0.2, 0.25) is 0 Å². The third kappa shape index (κ3) is 5.02. The van der Waals surface area contributed by atoms with Crippen LogP contribution in [-0.2, 0) is 13.0 Å². The maximum Gasteiger partial charge on any atom is 0.573 e. The Morgan fingerprint density at radius 1 is 0.905 bits per heavy atom. The van der Waals surface area contributed by atoms with Crippen LogP contribution in [0.15, 0.2) is 48.5 Å². The number of alkyl halides is 3. The van der Waals surface area contributed by atoms with Crippen molar-refractivity contribution in [2.24, 2.45) is 0 Å². The van der Waals surface area contributed by atoms with Crippen molar-refractivity contribution in [2.45, 2.75) is 26.3 Å². The van der Waals surface area contributed by atoms with E-state index in [4.69, 9.17) is 0 Å². The summed E-state index contributed by atoms with van der Waals surface area (Å²) < 4.78 is 39.9. The molecule has 0 fully saturated rings. The summed E-state index contributed by atoms with van der Waals surface area (Å²) in [5.74, 6) is -0.210. The molecule has 2 aromatic carbocycles. The fourth-order valence-corrected chi connectivity index (χ4v) is 1.87. The first-order valence-electron chi connectivity index (χ1n) is 6.64. The highest BCUT2D eigenvalue weighted by molar-refractivity contribution is 5.45. The normalized spacial score (nSPS) is 11.2. The third-order valence-corrected chi connectivity index (χ3v) is 3.02. The van der Waals surface area contributed by atoms with Gasteiger partial charge in [0.2, 0.25) is 0 Å². The van der Waals surface area contributed by atoms with Gasteiger partial charge >= 0.3 is 6.36 Å². The van der Waals surface area contributed by atoms with Gasteiger partial charge in [-0.25, -0.2) is 0 Å². The van der Waals surface area contributed by atoms with Crippen LogP contribution in [0.25, 0.3) is 0 Å². The lowest BCUT2D eigenvalue weighted by molar-refractivity contribution is -0.274. The summed E-state index contributed by atoms with van der Waals surface area (Å²) in [6.07, 6.45) is -3.66. The van der Waals surface area contributed by atoms with E-state index in [1.807, 2.05) is 24.3 Å². The van der Waals surface area contributed by atoms with E-state index < -0.39 is 6.36 Å². The number of rotatable bonds is 5. The second-order valence-electron chi connectivity index (χ2n) is 4.60. The van der Waals surface area contributed by atoms with E-state index in [0.29, 0.717) is 6.54 Å². The minimum atomic E-state index is -4.65. The van der Waals surface area contributed by atoms with Crippen LogP contribution in [-0.4, -0.2) is 6.36 Å². The summed E-state index contributed by atoms with van der Waals surface area (Å²) in [7, 11) is 0. The molecule has 0 spiro atoms. The van der Waals surface area contributed by atoms with Crippen LogP contribution < -0.4 is 10.1 Å². The molecule has 0 radical (unpaired) electrons. The molecule has 0 aliphatic heterocycles. The van der Waals surface area contributed by atoms with Crippen molar-refractivity contribution in [2.75, 3.05) is 5.32 Å². The lowest BCUT2D eigenvalue weighted by Gasteiger charge is -2.10. The van der Waals surface area contributed by atoms with Crippen LogP contribution in [0, 0.1) is 0 Å². The fourth-order valence-electron chi connectivity index (χ4n) is 1.87. The molecule has 112 valence electrons. The molecule has 2 rings (SSSR count). The Bertz CT molecular complexity index is 562. The van der Waals surface area contributed by atoms with Gasteiger partial charge in [0.15, 0.2) is 0 Å². The molecular formula is C16H16F3NO. The van der Waals surface area contributed by atoms with E-state index in [-0.39, 0.29) is 5.75 Å².